The summed E-state index contributed by atoms with van der Waals surface area (Å²) in [4.78, 5) is 30.6. The molecule has 2 heterocycles. The van der Waals surface area contributed by atoms with Crippen molar-refractivity contribution < 1.29 is 9.59 Å². The molecule has 2 aliphatic heterocycles. The van der Waals surface area contributed by atoms with E-state index in [1.54, 1.807) is 9.80 Å². The molecule has 0 unspecified atom stereocenters. The molecular weight excluding hydrogens is 242 g/mol. The SMILES string of the molecule is [C-]#[N+][C@@H]1CCCN1C(=O)/C=C/C(=O)N1CCC[C@H]1C. The van der Waals surface area contributed by atoms with Crippen LogP contribution in [0, 0.1) is 6.57 Å². The normalized spacial score (nSPS) is 26.9. The molecule has 2 rings (SSSR count). The summed E-state index contributed by atoms with van der Waals surface area (Å²) in [7, 11) is 0. The van der Waals surface area contributed by atoms with Crippen LogP contribution in [0.2, 0.25) is 0 Å². The van der Waals surface area contributed by atoms with Crippen LogP contribution in [-0.2, 0) is 9.59 Å². The Hall–Kier alpha value is -1.83. The van der Waals surface area contributed by atoms with Gasteiger partial charge in [0.25, 0.3) is 5.91 Å². The second kappa shape index (κ2) is 5.87. The van der Waals surface area contributed by atoms with E-state index in [1.807, 2.05) is 6.92 Å². The van der Waals surface area contributed by atoms with Gasteiger partial charge in [-0.3, -0.25) is 19.3 Å². The lowest BCUT2D eigenvalue weighted by molar-refractivity contribution is -0.128. The first kappa shape index (κ1) is 13.6. The summed E-state index contributed by atoms with van der Waals surface area (Å²) in [5, 5.41) is 0. The number of hydrogen-bond acceptors (Lipinski definition) is 2. The van der Waals surface area contributed by atoms with Crippen molar-refractivity contribution in [1.82, 2.24) is 9.80 Å². The molecule has 2 fully saturated rings. The van der Waals surface area contributed by atoms with E-state index >= 15 is 0 Å². The number of carbonyl (C=O) groups excluding carboxylic acids is 2. The van der Waals surface area contributed by atoms with E-state index in [1.165, 1.54) is 12.2 Å². The summed E-state index contributed by atoms with van der Waals surface area (Å²) in [6.07, 6.45) is 5.97. The third-order valence-electron chi connectivity index (χ3n) is 3.86. The molecule has 0 aliphatic carbocycles. The van der Waals surface area contributed by atoms with E-state index in [-0.39, 0.29) is 24.0 Å². The molecule has 0 N–H and O–H groups in total. The third-order valence-corrected chi connectivity index (χ3v) is 3.86. The Morgan fingerprint density at radius 3 is 2.26 bits per heavy atom. The van der Waals surface area contributed by atoms with E-state index in [9.17, 15) is 9.59 Å². The number of rotatable bonds is 2. The van der Waals surface area contributed by atoms with Gasteiger partial charge in [0.15, 0.2) is 0 Å². The Kier molecular flexibility index (Phi) is 4.20. The Morgan fingerprint density at radius 1 is 1.11 bits per heavy atom. The van der Waals surface area contributed by atoms with E-state index in [4.69, 9.17) is 6.57 Å². The van der Waals surface area contributed by atoms with Crippen molar-refractivity contribution >= 4 is 11.8 Å². The van der Waals surface area contributed by atoms with Gasteiger partial charge < -0.3 is 4.90 Å². The van der Waals surface area contributed by atoms with Crippen LogP contribution in [0.5, 0.6) is 0 Å². The standard InChI is InChI=1S/C14H19N3O2/c1-11-5-3-9-16(11)13(18)7-8-14(19)17-10-4-6-12(17)15-2/h7-8,11-12H,3-6,9-10H2,1H3/b8-7+/t11-,12+/m1/s1. The molecule has 102 valence electrons. The number of amides is 2. The second-order valence-electron chi connectivity index (χ2n) is 5.14. The highest BCUT2D eigenvalue weighted by molar-refractivity contribution is 5.97. The molecule has 0 aromatic carbocycles. The fraction of sp³-hybridized carbons (Fsp3) is 0.643. The molecule has 0 radical (unpaired) electrons. The van der Waals surface area contributed by atoms with Crippen LogP contribution in [0.3, 0.4) is 0 Å². The Balaban J connectivity index is 1.93. The maximum atomic E-state index is 11.9. The molecule has 2 saturated heterocycles. The highest BCUT2D eigenvalue weighted by atomic mass is 16.2. The molecule has 5 nitrogen and oxygen atoms in total. The third kappa shape index (κ3) is 2.95. The van der Waals surface area contributed by atoms with Crippen molar-refractivity contribution in [1.29, 1.82) is 0 Å². The topological polar surface area (TPSA) is 45.0 Å². The largest absolute Gasteiger partial charge is 0.336 e. The van der Waals surface area contributed by atoms with Gasteiger partial charge in [-0.2, -0.15) is 0 Å². The lowest BCUT2D eigenvalue weighted by Gasteiger charge is -2.19. The van der Waals surface area contributed by atoms with E-state index in [0.29, 0.717) is 6.54 Å². The molecule has 2 atom stereocenters. The Bertz CT molecular complexity index is 438. The average Bonchev–Trinajstić information content (AvgIpc) is 3.03. The van der Waals surface area contributed by atoms with Crippen molar-refractivity contribution in [3.63, 3.8) is 0 Å². The van der Waals surface area contributed by atoms with Crippen LogP contribution < -0.4 is 0 Å². The van der Waals surface area contributed by atoms with Gasteiger partial charge >= 0.3 is 6.17 Å². The second-order valence-corrected chi connectivity index (χ2v) is 5.14. The molecule has 0 aromatic rings. The van der Waals surface area contributed by atoms with Crippen LogP contribution in [0.1, 0.15) is 32.6 Å². The molecule has 0 bridgehead atoms. The van der Waals surface area contributed by atoms with Gasteiger partial charge in [0.2, 0.25) is 5.91 Å². The lowest BCUT2D eigenvalue weighted by atomic mass is 10.2. The minimum Gasteiger partial charge on any atom is -0.336 e. The monoisotopic (exact) mass is 261 g/mol. The van der Waals surface area contributed by atoms with E-state index < -0.39 is 0 Å². The summed E-state index contributed by atoms with van der Waals surface area (Å²) < 4.78 is 0. The zero-order chi connectivity index (χ0) is 13.8. The van der Waals surface area contributed by atoms with Crippen LogP contribution in [-0.4, -0.2) is 46.9 Å². The van der Waals surface area contributed by atoms with Gasteiger partial charge in [0.05, 0.1) is 0 Å². The highest BCUT2D eigenvalue weighted by Crippen LogP contribution is 2.19. The summed E-state index contributed by atoms with van der Waals surface area (Å²) in [5.41, 5.74) is 0. The minimum absolute atomic E-state index is 0.100. The molecular formula is C14H19N3O2. The van der Waals surface area contributed by atoms with Gasteiger partial charge in [-0.1, -0.05) is 0 Å². The Morgan fingerprint density at radius 2 is 1.68 bits per heavy atom. The minimum atomic E-state index is -0.349. The van der Waals surface area contributed by atoms with Gasteiger partial charge in [-0.05, 0) is 26.2 Å². The van der Waals surface area contributed by atoms with E-state index in [2.05, 4.69) is 4.85 Å². The quantitative estimate of drug-likeness (QED) is 0.557. The zero-order valence-corrected chi connectivity index (χ0v) is 11.2. The van der Waals surface area contributed by atoms with Crippen molar-refractivity contribution in [2.45, 2.75) is 44.8 Å². The highest BCUT2D eigenvalue weighted by Gasteiger charge is 2.32. The first-order chi connectivity index (χ1) is 9.13. The van der Waals surface area contributed by atoms with Crippen molar-refractivity contribution in [2.24, 2.45) is 0 Å². The number of nitrogens with zero attached hydrogens (tertiary/aromatic N) is 3. The maximum Gasteiger partial charge on any atom is 0.300 e. The number of hydrogen-bond donors (Lipinski definition) is 0. The van der Waals surface area contributed by atoms with Crippen LogP contribution >= 0.6 is 0 Å². The van der Waals surface area contributed by atoms with E-state index in [0.717, 1.165) is 32.2 Å². The van der Waals surface area contributed by atoms with Crippen LogP contribution in [0.15, 0.2) is 12.2 Å². The molecule has 19 heavy (non-hydrogen) atoms. The van der Waals surface area contributed by atoms with Gasteiger partial charge in [-0.15, -0.1) is 0 Å². The van der Waals surface area contributed by atoms with Crippen molar-refractivity contribution in [2.75, 3.05) is 13.1 Å². The van der Waals surface area contributed by atoms with Crippen molar-refractivity contribution in [3.05, 3.63) is 23.6 Å². The van der Waals surface area contributed by atoms with Gasteiger partial charge in [-0.25, -0.2) is 6.57 Å². The molecule has 0 saturated carbocycles. The number of carbonyl (C=O) groups is 2. The molecule has 2 amide bonds. The summed E-state index contributed by atoms with van der Waals surface area (Å²) in [6.45, 7) is 10.4. The predicted octanol–water partition coefficient (Wildman–Crippen LogP) is 1.42. The maximum absolute atomic E-state index is 11.9. The van der Waals surface area contributed by atoms with Crippen LogP contribution in [0.25, 0.3) is 4.85 Å². The lowest BCUT2D eigenvalue weighted by Crippen LogP contribution is -2.34. The molecule has 0 spiro atoms. The first-order valence-corrected chi connectivity index (χ1v) is 6.79. The average molecular weight is 261 g/mol. The summed E-state index contributed by atoms with van der Waals surface area (Å²) >= 11 is 0. The fourth-order valence-corrected chi connectivity index (χ4v) is 2.74. The number of likely N-dealkylation sites (tertiary alicyclic amines) is 2. The molecule has 2 aliphatic rings. The predicted molar refractivity (Wildman–Crippen MR) is 70.9 cm³/mol. The van der Waals surface area contributed by atoms with Gasteiger partial charge in [0, 0.05) is 37.7 Å². The fourth-order valence-electron chi connectivity index (χ4n) is 2.74. The van der Waals surface area contributed by atoms with Crippen molar-refractivity contribution in [3.8, 4) is 0 Å². The summed E-state index contributed by atoms with van der Waals surface area (Å²) in [5.74, 6) is -0.324. The molecule has 0 aromatic heterocycles. The molecule has 5 heteroatoms. The summed E-state index contributed by atoms with van der Waals surface area (Å²) in [6, 6.07) is 0.259. The zero-order valence-electron chi connectivity index (χ0n) is 11.2. The van der Waals surface area contributed by atoms with Gasteiger partial charge in [0.1, 0.15) is 0 Å². The first-order valence-electron chi connectivity index (χ1n) is 6.79. The Labute approximate surface area is 113 Å². The van der Waals surface area contributed by atoms with Crippen LogP contribution in [0.4, 0.5) is 0 Å². The smallest absolute Gasteiger partial charge is 0.300 e.